The number of nitrogens with one attached hydrogen (secondary N) is 1. The minimum absolute atomic E-state index is 0.0880. The van der Waals surface area contributed by atoms with Gasteiger partial charge in [0.25, 0.3) is 0 Å². The molecule has 0 saturated carbocycles. The SMILES string of the molecule is CCOC(=O)C1C(C)=NC(=O)N=C1SCC(=O)Nc1ccc(OC(F)(F)F)cc1. The molecule has 8 nitrogen and oxygen atoms in total. The summed E-state index contributed by atoms with van der Waals surface area (Å²) in [7, 11) is 0. The molecule has 1 unspecified atom stereocenters. The van der Waals surface area contributed by atoms with Gasteiger partial charge in [-0.15, -0.1) is 13.2 Å². The van der Waals surface area contributed by atoms with Crippen LogP contribution in [-0.4, -0.2) is 47.4 Å². The van der Waals surface area contributed by atoms with Crippen LogP contribution in [0, 0.1) is 5.92 Å². The second kappa shape index (κ2) is 9.54. The Morgan fingerprint density at radius 2 is 1.86 bits per heavy atom. The molecule has 0 spiro atoms. The van der Waals surface area contributed by atoms with Crippen LogP contribution in [0.15, 0.2) is 34.3 Å². The molecule has 1 aliphatic rings. The Hall–Kier alpha value is -2.89. The van der Waals surface area contributed by atoms with Crippen molar-refractivity contribution in [2.75, 3.05) is 17.7 Å². The molecular formula is C17H16F3N3O5S. The first-order valence-corrected chi connectivity index (χ1v) is 9.20. The number of aliphatic imine (C=N–C) groups is 2. The van der Waals surface area contributed by atoms with Gasteiger partial charge >= 0.3 is 18.4 Å². The number of ether oxygens (including phenoxy) is 2. The number of amides is 3. The molecule has 0 aliphatic carbocycles. The zero-order chi connectivity index (χ0) is 21.6. The molecule has 156 valence electrons. The predicted molar refractivity (Wildman–Crippen MR) is 100 cm³/mol. The van der Waals surface area contributed by atoms with Gasteiger partial charge in [-0.25, -0.2) is 4.79 Å². The van der Waals surface area contributed by atoms with Crippen molar-refractivity contribution in [3.63, 3.8) is 0 Å². The number of halogens is 3. The molecule has 0 radical (unpaired) electrons. The second-order valence-corrected chi connectivity index (χ2v) is 6.58. The topological polar surface area (TPSA) is 106 Å². The summed E-state index contributed by atoms with van der Waals surface area (Å²) in [6.07, 6.45) is -4.81. The number of rotatable bonds is 6. The van der Waals surface area contributed by atoms with E-state index in [4.69, 9.17) is 4.74 Å². The summed E-state index contributed by atoms with van der Waals surface area (Å²) in [5.74, 6) is -2.74. The third kappa shape index (κ3) is 6.89. The number of carbonyl (C=O) groups is 3. The van der Waals surface area contributed by atoms with E-state index >= 15 is 0 Å². The maximum Gasteiger partial charge on any atom is 0.573 e. The van der Waals surface area contributed by atoms with Gasteiger partial charge in [-0.2, -0.15) is 9.98 Å². The summed E-state index contributed by atoms with van der Waals surface area (Å²) in [6, 6.07) is 3.80. The van der Waals surface area contributed by atoms with Gasteiger partial charge in [-0.3, -0.25) is 9.59 Å². The van der Waals surface area contributed by atoms with Crippen molar-refractivity contribution in [1.82, 2.24) is 0 Å². The highest BCUT2D eigenvalue weighted by molar-refractivity contribution is 8.14. The lowest BCUT2D eigenvalue weighted by molar-refractivity contribution is -0.274. The van der Waals surface area contributed by atoms with E-state index in [0.29, 0.717) is 0 Å². The Labute approximate surface area is 167 Å². The first kappa shape index (κ1) is 22.4. The molecule has 3 amide bonds. The van der Waals surface area contributed by atoms with Crippen LogP contribution in [0.4, 0.5) is 23.7 Å². The van der Waals surface area contributed by atoms with E-state index < -0.39 is 35.9 Å². The molecule has 1 aliphatic heterocycles. The van der Waals surface area contributed by atoms with Crippen molar-refractivity contribution in [2.24, 2.45) is 15.9 Å². The summed E-state index contributed by atoms with van der Waals surface area (Å²) in [4.78, 5) is 43.1. The predicted octanol–water partition coefficient (Wildman–Crippen LogP) is 3.43. The molecule has 0 saturated heterocycles. The molecular weight excluding hydrogens is 415 g/mol. The van der Waals surface area contributed by atoms with E-state index in [9.17, 15) is 27.6 Å². The van der Waals surface area contributed by atoms with E-state index in [-0.39, 0.29) is 28.8 Å². The summed E-state index contributed by atoms with van der Waals surface area (Å²) in [5, 5.41) is 2.57. The van der Waals surface area contributed by atoms with Crippen LogP contribution < -0.4 is 10.1 Å². The van der Waals surface area contributed by atoms with Crippen molar-refractivity contribution < 1.29 is 37.0 Å². The van der Waals surface area contributed by atoms with Gasteiger partial charge in [0.15, 0.2) is 0 Å². The number of carbonyl (C=O) groups excluding carboxylic acids is 3. The fourth-order valence-corrected chi connectivity index (χ4v) is 3.19. The molecule has 0 fully saturated rings. The number of hydrogen-bond donors (Lipinski definition) is 1. The molecule has 2 rings (SSSR count). The number of esters is 1. The quantitative estimate of drug-likeness (QED) is 0.692. The average Bonchev–Trinajstić information content (AvgIpc) is 2.60. The minimum Gasteiger partial charge on any atom is -0.465 e. The molecule has 1 aromatic carbocycles. The normalized spacial score (nSPS) is 16.6. The van der Waals surface area contributed by atoms with Crippen molar-refractivity contribution in [3.8, 4) is 5.75 Å². The first-order chi connectivity index (χ1) is 13.6. The number of nitrogens with zero attached hydrogens (tertiary/aromatic N) is 2. The van der Waals surface area contributed by atoms with Crippen LogP contribution in [-0.2, 0) is 14.3 Å². The number of alkyl halides is 3. The number of anilines is 1. The first-order valence-electron chi connectivity index (χ1n) is 8.22. The third-order valence-corrected chi connectivity index (χ3v) is 4.42. The Morgan fingerprint density at radius 1 is 1.21 bits per heavy atom. The maximum atomic E-state index is 12.1. The smallest absolute Gasteiger partial charge is 0.465 e. The van der Waals surface area contributed by atoms with Crippen molar-refractivity contribution >= 4 is 46.1 Å². The summed E-state index contributed by atoms with van der Waals surface area (Å²) in [5.41, 5.74) is 0.457. The fourth-order valence-electron chi connectivity index (χ4n) is 2.27. The van der Waals surface area contributed by atoms with Crippen LogP contribution in [0.25, 0.3) is 0 Å². The van der Waals surface area contributed by atoms with E-state index in [1.165, 1.54) is 19.1 Å². The van der Waals surface area contributed by atoms with Gasteiger partial charge < -0.3 is 14.8 Å². The Balaban J connectivity index is 1.96. The van der Waals surface area contributed by atoms with Crippen LogP contribution in [0.3, 0.4) is 0 Å². The second-order valence-electron chi connectivity index (χ2n) is 5.58. The van der Waals surface area contributed by atoms with Crippen LogP contribution in [0.5, 0.6) is 5.75 Å². The maximum absolute atomic E-state index is 12.1. The van der Waals surface area contributed by atoms with E-state index in [1.807, 2.05) is 0 Å². The third-order valence-electron chi connectivity index (χ3n) is 3.39. The Bertz CT molecular complexity index is 853. The standard InChI is InChI=1S/C17H16F3N3O5S/c1-3-27-15(25)13-9(2)21-16(26)23-14(13)29-8-12(24)22-10-4-6-11(7-5-10)28-17(18,19)20/h4-7,13H,3,8H2,1-2H3,(H,22,24). The zero-order valence-corrected chi connectivity index (χ0v) is 16.1. The zero-order valence-electron chi connectivity index (χ0n) is 15.3. The Morgan fingerprint density at radius 3 is 2.45 bits per heavy atom. The molecule has 1 N–H and O–H groups in total. The molecule has 1 aromatic rings. The number of hydrogen-bond acceptors (Lipinski definition) is 6. The van der Waals surface area contributed by atoms with Crippen LogP contribution in [0.1, 0.15) is 13.8 Å². The largest absolute Gasteiger partial charge is 0.573 e. The highest BCUT2D eigenvalue weighted by atomic mass is 32.2. The average molecular weight is 431 g/mol. The van der Waals surface area contributed by atoms with E-state index in [1.54, 1.807) is 6.92 Å². The number of thioether (sulfide) groups is 1. The summed E-state index contributed by atoms with van der Waals surface area (Å²) >= 11 is 0.868. The molecule has 0 aromatic heterocycles. The number of benzene rings is 1. The fraction of sp³-hybridized carbons (Fsp3) is 0.353. The molecule has 1 atom stereocenters. The van der Waals surface area contributed by atoms with Crippen molar-refractivity contribution in [2.45, 2.75) is 20.2 Å². The summed E-state index contributed by atoms with van der Waals surface area (Å²) in [6.45, 7) is 3.24. The van der Waals surface area contributed by atoms with Crippen molar-refractivity contribution in [1.29, 1.82) is 0 Å². The van der Waals surface area contributed by atoms with Gasteiger partial charge in [0, 0.05) is 11.4 Å². The van der Waals surface area contributed by atoms with E-state index in [0.717, 1.165) is 23.9 Å². The number of urea groups is 1. The highest BCUT2D eigenvalue weighted by Crippen LogP contribution is 2.25. The lowest BCUT2D eigenvalue weighted by Crippen LogP contribution is -2.34. The van der Waals surface area contributed by atoms with Gasteiger partial charge in [0.05, 0.1) is 17.4 Å². The van der Waals surface area contributed by atoms with Crippen LogP contribution in [0.2, 0.25) is 0 Å². The van der Waals surface area contributed by atoms with Gasteiger partial charge in [0.1, 0.15) is 11.7 Å². The lowest BCUT2D eigenvalue weighted by atomic mass is 10.1. The summed E-state index contributed by atoms with van der Waals surface area (Å²) < 4.78 is 45.1. The molecule has 29 heavy (non-hydrogen) atoms. The minimum atomic E-state index is -4.81. The molecule has 12 heteroatoms. The Kier molecular flexibility index (Phi) is 7.37. The van der Waals surface area contributed by atoms with Gasteiger partial charge in [-0.1, -0.05) is 11.8 Å². The van der Waals surface area contributed by atoms with Crippen molar-refractivity contribution in [3.05, 3.63) is 24.3 Å². The highest BCUT2D eigenvalue weighted by Gasteiger charge is 2.34. The van der Waals surface area contributed by atoms with Gasteiger partial charge in [-0.05, 0) is 38.1 Å². The lowest BCUT2D eigenvalue weighted by Gasteiger charge is -2.19. The monoisotopic (exact) mass is 431 g/mol. The molecule has 1 heterocycles. The molecule has 0 bridgehead atoms. The van der Waals surface area contributed by atoms with Crippen LogP contribution >= 0.6 is 11.8 Å². The van der Waals surface area contributed by atoms with E-state index in [2.05, 4.69) is 20.0 Å². The van der Waals surface area contributed by atoms with Gasteiger partial charge in [0.2, 0.25) is 5.91 Å².